The average Bonchev–Trinajstić information content (AvgIpc) is 2.86. The predicted octanol–water partition coefficient (Wildman–Crippen LogP) is 1.07. The molecule has 0 aromatic rings. The number of carboxylic acid groups (broad SMARTS) is 1. The zero-order valence-electron chi connectivity index (χ0n) is 9.61. The Morgan fingerprint density at radius 1 is 1.60 bits per heavy atom. The van der Waals surface area contributed by atoms with Crippen LogP contribution in [0.25, 0.3) is 0 Å². The molecule has 0 aliphatic heterocycles. The predicted molar refractivity (Wildman–Crippen MR) is 57.8 cm³/mol. The fourth-order valence-electron chi connectivity index (χ4n) is 1.84. The summed E-state index contributed by atoms with van der Waals surface area (Å²) in [4.78, 5) is 12.7. The molecule has 1 aliphatic carbocycles. The highest BCUT2D eigenvalue weighted by molar-refractivity contribution is 5.69. The van der Waals surface area contributed by atoms with Gasteiger partial charge in [0, 0.05) is 26.8 Å². The molecule has 0 radical (unpaired) electrons. The Morgan fingerprint density at radius 3 is 2.73 bits per heavy atom. The van der Waals surface area contributed by atoms with Crippen molar-refractivity contribution in [2.75, 3.05) is 33.4 Å². The number of aliphatic carboxylic acids is 1. The molecule has 1 saturated carbocycles. The molecule has 88 valence electrons. The SMILES string of the molecule is COCC(C)CN(CC(=O)O)CC1CC1. The molecule has 1 N–H and O–H groups in total. The number of hydrogen-bond acceptors (Lipinski definition) is 3. The van der Waals surface area contributed by atoms with Gasteiger partial charge in [-0.05, 0) is 24.7 Å². The third-order valence-electron chi connectivity index (χ3n) is 2.59. The van der Waals surface area contributed by atoms with Gasteiger partial charge in [-0.1, -0.05) is 6.92 Å². The Hall–Kier alpha value is -0.610. The molecule has 0 aromatic carbocycles. The summed E-state index contributed by atoms with van der Waals surface area (Å²) >= 11 is 0. The van der Waals surface area contributed by atoms with Crippen LogP contribution >= 0.6 is 0 Å². The molecule has 1 aliphatic rings. The molecule has 1 unspecified atom stereocenters. The third kappa shape index (κ3) is 5.74. The zero-order valence-corrected chi connectivity index (χ0v) is 9.61. The molecule has 0 spiro atoms. The second-order valence-electron chi connectivity index (χ2n) is 4.59. The molecule has 0 heterocycles. The van der Waals surface area contributed by atoms with E-state index in [-0.39, 0.29) is 6.54 Å². The first-order chi connectivity index (χ1) is 7.11. The second-order valence-corrected chi connectivity index (χ2v) is 4.59. The summed E-state index contributed by atoms with van der Waals surface area (Å²) in [7, 11) is 1.68. The highest BCUT2D eigenvalue weighted by Crippen LogP contribution is 2.29. The molecule has 0 saturated heterocycles. The van der Waals surface area contributed by atoms with Crippen molar-refractivity contribution < 1.29 is 14.6 Å². The van der Waals surface area contributed by atoms with Gasteiger partial charge in [0.25, 0.3) is 0 Å². The fourth-order valence-corrected chi connectivity index (χ4v) is 1.84. The summed E-state index contributed by atoms with van der Waals surface area (Å²) in [6, 6.07) is 0. The molecule has 4 heteroatoms. The van der Waals surface area contributed by atoms with E-state index >= 15 is 0 Å². The average molecular weight is 215 g/mol. The van der Waals surface area contributed by atoms with Gasteiger partial charge >= 0.3 is 5.97 Å². The molecule has 1 fully saturated rings. The van der Waals surface area contributed by atoms with Crippen molar-refractivity contribution in [3.63, 3.8) is 0 Å². The Bertz CT molecular complexity index is 204. The number of carboxylic acids is 1. The van der Waals surface area contributed by atoms with Gasteiger partial charge in [-0.15, -0.1) is 0 Å². The molecule has 0 amide bonds. The summed E-state index contributed by atoms with van der Waals surface area (Å²) in [5.74, 6) is 0.396. The van der Waals surface area contributed by atoms with Crippen LogP contribution in [0.4, 0.5) is 0 Å². The largest absolute Gasteiger partial charge is 0.480 e. The maximum absolute atomic E-state index is 10.7. The van der Waals surface area contributed by atoms with Crippen LogP contribution in [0.2, 0.25) is 0 Å². The van der Waals surface area contributed by atoms with E-state index in [1.807, 2.05) is 4.90 Å². The fraction of sp³-hybridized carbons (Fsp3) is 0.909. The lowest BCUT2D eigenvalue weighted by Crippen LogP contribution is -2.36. The molecular formula is C11H21NO3. The van der Waals surface area contributed by atoms with Gasteiger partial charge in [-0.3, -0.25) is 9.69 Å². The van der Waals surface area contributed by atoms with Crippen molar-refractivity contribution in [2.24, 2.45) is 11.8 Å². The molecule has 1 rings (SSSR count). The molecule has 0 aromatic heterocycles. The van der Waals surface area contributed by atoms with Crippen LogP contribution in [-0.2, 0) is 9.53 Å². The van der Waals surface area contributed by atoms with E-state index in [0.717, 1.165) is 19.0 Å². The monoisotopic (exact) mass is 215 g/mol. The summed E-state index contributed by atoms with van der Waals surface area (Å²) in [5, 5.41) is 8.79. The normalized spacial score (nSPS) is 18.1. The smallest absolute Gasteiger partial charge is 0.317 e. The Kier molecular flexibility index (Phi) is 5.05. The van der Waals surface area contributed by atoms with E-state index in [4.69, 9.17) is 9.84 Å². The topological polar surface area (TPSA) is 49.8 Å². The van der Waals surface area contributed by atoms with Crippen LogP contribution in [-0.4, -0.2) is 49.3 Å². The lowest BCUT2D eigenvalue weighted by atomic mass is 10.2. The van der Waals surface area contributed by atoms with Gasteiger partial charge in [0.05, 0.1) is 6.54 Å². The van der Waals surface area contributed by atoms with Gasteiger partial charge < -0.3 is 9.84 Å². The Balaban J connectivity index is 2.29. The van der Waals surface area contributed by atoms with Crippen LogP contribution < -0.4 is 0 Å². The van der Waals surface area contributed by atoms with Gasteiger partial charge in [-0.25, -0.2) is 0 Å². The van der Waals surface area contributed by atoms with Crippen LogP contribution in [0.1, 0.15) is 19.8 Å². The highest BCUT2D eigenvalue weighted by Gasteiger charge is 2.25. The van der Waals surface area contributed by atoms with Crippen LogP contribution in [0.3, 0.4) is 0 Å². The minimum Gasteiger partial charge on any atom is -0.480 e. The number of methoxy groups -OCH3 is 1. The number of rotatable bonds is 8. The first-order valence-electron chi connectivity index (χ1n) is 5.55. The number of carbonyl (C=O) groups is 1. The van der Waals surface area contributed by atoms with Crippen molar-refractivity contribution in [2.45, 2.75) is 19.8 Å². The minimum atomic E-state index is -0.736. The van der Waals surface area contributed by atoms with Gasteiger partial charge in [0.15, 0.2) is 0 Å². The van der Waals surface area contributed by atoms with Gasteiger partial charge in [-0.2, -0.15) is 0 Å². The lowest BCUT2D eigenvalue weighted by Gasteiger charge is -2.23. The van der Waals surface area contributed by atoms with E-state index in [2.05, 4.69) is 6.92 Å². The van der Waals surface area contributed by atoms with Crippen molar-refractivity contribution in [3.05, 3.63) is 0 Å². The first-order valence-corrected chi connectivity index (χ1v) is 5.55. The van der Waals surface area contributed by atoms with Crippen LogP contribution in [0, 0.1) is 11.8 Å². The van der Waals surface area contributed by atoms with Crippen LogP contribution in [0.15, 0.2) is 0 Å². The maximum atomic E-state index is 10.7. The standard InChI is InChI=1S/C11H21NO3/c1-9(8-15-2)5-12(7-11(13)14)6-10-3-4-10/h9-10H,3-8H2,1-2H3,(H,13,14). The van der Waals surface area contributed by atoms with E-state index < -0.39 is 5.97 Å². The molecular weight excluding hydrogens is 194 g/mol. The van der Waals surface area contributed by atoms with Gasteiger partial charge in [0.2, 0.25) is 0 Å². The maximum Gasteiger partial charge on any atom is 0.317 e. The molecule has 0 bridgehead atoms. The summed E-state index contributed by atoms with van der Waals surface area (Å²) in [6.07, 6.45) is 2.52. The second kappa shape index (κ2) is 6.08. The minimum absolute atomic E-state index is 0.157. The Morgan fingerprint density at radius 2 is 2.27 bits per heavy atom. The van der Waals surface area contributed by atoms with Crippen molar-refractivity contribution >= 4 is 5.97 Å². The highest BCUT2D eigenvalue weighted by atomic mass is 16.5. The van der Waals surface area contributed by atoms with Gasteiger partial charge in [0.1, 0.15) is 0 Å². The van der Waals surface area contributed by atoms with Crippen LogP contribution in [0.5, 0.6) is 0 Å². The zero-order chi connectivity index (χ0) is 11.3. The van der Waals surface area contributed by atoms with Crippen molar-refractivity contribution in [3.8, 4) is 0 Å². The summed E-state index contributed by atoms with van der Waals surface area (Å²) in [6.45, 7) is 4.69. The number of ether oxygens (including phenoxy) is 1. The summed E-state index contributed by atoms with van der Waals surface area (Å²) < 4.78 is 5.06. The van der Waals surface area contributed by atoms with Crippen molar-refractivity contribution in [1.29, 1.82) is 0 Å². The van der Waals surface area contributed by atoms with Crippen molar-refractivity contribution in [1.82, 2.24) is 4.90 Å². The lowest BCUT2D eigenvalue weighted by molar-refractivity contribution is -0.138. The third-order valence-corrected chi connectivity index (χ3v) is 2.59. The van der Waals surface area contributed by atoms with E-state index in [9.17, 15) is 4.79 Å². The molecule has 15 heavy (non-hydrogen) atoms. The number of nitrogens with zero attached hydrogens (tertiary/aromatic N) is 1. The summed E-state index contributed by atoms with van der Waals surface area (Å²) in [5.41, 5.74) is 0. The van der Waals surface area contributed by atoms with E-state index in [0.29, 0.717) is 12.5 Å². The van der Waals surface area contributed by atoms with E-state index in [1.165, 1.54) is 12.8 Å². The molecule has 4 nitrogen and oxygen atoms in total. The molecule has 1 atom stereocenters. The van der Waals surface area contributed by atoms with E-state index in [1.54, 1.807) is 7.11 Å². The quantitative estimate of drug-likeness (QED) is 0.658. The number of hydrogen-bond donors (Lipinski definition) is 1. The first kappa shape index (κ1) is 12.5. The Labute approximate surface area is 91.2 Å².